The lowest BCUT2D eigenvalue weighted by atomic mass is 10.0. The third-order valence-corrected chi connectivity index (χ3v) is 2.73. The average molecular weight is 239 g/mol. The van der Waals surface area contributed by atoms with Crippen molar-refractivity contribution < 1.29 is 14.3 Å². The lowest BCUT2D eigenvalue weighted by molar-refractivity contribution is -0.140. The first-order chi connectivity index (χ1) is 7.93. The van der Waals surface area contributed by atoms with E-state index in [9.17, 15) is 9.18 Å². The van der Waals surface area contributed by atoms with Crippen molar-refractivity contribution in [3.05, 3.63) is 35.6 Å². The van der Waals surface area contributed by atoms with Crippen LogP contribution in [0.2, 0.25) is 0 Å². The molecular formula is C13H18FNO2. The van der Waals surface area contributed by atoms with Crippen LogP contribution in [0.15, 0.2) is 24.3 Å². The molecule has 2 N–H and O–H groups in total. The number of halogens is 1. The summed E-state index contributed by atoms with van der Waals surface area (Å²) in [4.78, 5) is 11.0. The van der Waals surface area contributed by atoms with Crippen LogP contribution in [-0.4, -0.2) is 17.1 Å². The summed E-state index contributed by atoms with van der Waals surface area (Å²) in [6.45, 7) is 5.40. The van der Waals surface area contributed by atoms with Gasteiger partial charge in [0.2, 0.25) is 0 Å². The molecule has 0 amide bonds. The summed E-state index contributed by atoms with van der Waals surface area (Å²) in [6, 6.07) is 5.37. The Hall–Kier alpha value is -1.42. The first kappa shape index (κ1) is 13.6. The Morgan fingerprint density at radius 3 is 2.35 bits per heavy atom. The smallest absolute Gasteiger partial charge is 0.320 e. The highest BCUT2D eigenvalue weighted by molar-refractivity contribution is 5.73. The predicted molar refractivity (Wildman–Crippen MR) is 64.2 cm³/mol. The van der Waals surface area contributed by atoms with Crippen molar-refractivity contribution in [2.24, 2.45) is 5.92 Å². The van der Waals surface area contributed by atoms with Gasteiger partial charge in [0, 0.05) is 11.6 Å². The second-order valence-electron chi connectivity index (χ2n) is 4.47. The minimum Gasteiger partial charge on any atom is -0.480 e. The second-order valence-corrected chi connectivity index (χ2v) is 4.47. The molecule has 1 aromatic rings. The molecule has 0 aliphatic rings. The first-order valence-corrected chi connectivity index (χ1v) is 5.66. The summed E-state index contributed by atoms with van der Waals surface area (Å²) in [7, 11) is 0. The molecule has 2 atom stereocenters. The molecule has 0 spiro atoms. The molecule has 0 aromatic heterocycles. The Kier molecular flexibility index (Phi) is 4.63. The molecule has 4 heteroatoms. The molecular weight excluding hydrogens is 221 g/mol. The summed E-state index contributed by atoms with van der Waals surface area (Å²) in [5.41, 5.74) is 0.486. The number of hydrogen-bond acceptors (Lipinski definition) is 2. The zero-order valence-corrected chi connectivity index (χ0v) is 10.3. The SMILES string of the molecule is CC(NC(C(=O)O)C(C)C)c1ccccc1F. The van der Waals surface area contributed by atoms with Gasteiger partial charge in [-0.3, -0.25) is 10.1 Å². The Bertz CT molecular complexity index is 393. The van der Waals surface area contributed by atoms with Crippen LogP contribution in [-0.2, 0) is 4.79 Å². The highest BCUT2D eigenvalue weighted by Gasteiger charge is 2.24. The summed E-state index contributed by atoms with van der Waals surface area (Å²) in [5, 5.41) is 12.0. The maximum absolute atomic E-state index is 13.5. The van der Waals surface area contributed by atoms with Crippen LogP contribution in [0.3, 0.4) is 0 Å². The predicted octanol–water partition coefficient (Wildman–Crippen LogP) is 2.59. The molecule has 1 rings (SSSR count). The fourth-order valence-corrected chi connectivity index (χ4v) is 1.73. The Morgan fingerprint density at radius 2 is 1.88 bits per heavy atom. The van der Waals surface area contributed by atoms with E-state index in [0.717, 1.165) is 0 Å². The molecule has 0 aliphatic carbocycles. The number of nitrogens with one attached hydrogen (secondary N) is 1. The number of hydrogen-bond donors (Lipinski definition) is 2. The largest absolute Gasteiger partial charge is 0.480 e. The van der Waals surface area contributed by atoms with Crippen LogP contribution in [0.4, 0.5) is 4.39 Å². The van der Waals surface area contributed by atoms with E-state index in [1.54, 1.807) is 25.1 Å². The number of carbonyl (C=O) groups is 1. The summed E-state index contributed by atoms with van der Waals surface area (Å²) in [6.07, 6.45) is 0. The van der Waals surface area contributed by atoms with Crippen LogP contribution in [0.5, 0.6) is 0 Å². The Labute approximate surface area is 101 Å². The van der Waals surface area contributed by atoms with E-state index in [4.69, 9.17) is 5.11 Å². The number of aliphatic carboxylic acids is 1. The van der Waals surface area contributed by atoms with Gasteiger partial charge in [0.15, 0.2) is 0 Å². The zero-order valence-electron chi connectivity index (χ0n) is 10.3. The van der Waals surface area contributed by atoms with Gasteiger partial charge in [-0.2, -0.15) is 0 Å². The van der Waals surface area contributed by atoms with Crippen molar-refractivity contribution in [2.45, 2.75) is 32.9 Å². The van der Waals surface area contributed by atoms with Gasteiger partial charge >= 0.3 is 5.97 Å². The molecule has 0 aliphatic heterocycles. The maximum atomic E-state index is 13.5. The molecule has 0 heterocycles. The third-order valence-electron chi connectivity index (χ3n) is 2.73. The third kappa shape index (κ3) is 3.53. The van der Waals surface area contributed by atoms with E-state index in [1.165, 1.54) is 6.07 Å². The molecule has 3 nitrogen and oxygen atoms in total. The lowest BCUT2D eigenvalue weighted by Crippen LogP contribution is -2.42. The maximum Gasteiger partial charge on any atom is 0.320 e. The number of carboxylic acids is 1. The standard InChI is InChI=1S/C13H18FNO2/c1-8(2)12(13(16)17)15-9(3)10-6-4-5-7-11(10)14/h4-9,12,15H,1-3H3,(H,16,17). The van der Waals surface area contributed by atoms with Crippen LogP contribution >= 0.6 is 0 Å². The van der Waals surface area contributed by atoms with Crippen molar-refractivity contribution in [3.8, 4) is 0 Å². The molecule has 1 aromatic carbocycles. The van der Waals surface area contributed by atoms with Gasteiger partial charge in [-0.05, 0) is 18.9 Å². The van der Waals surface area contributed by atoms with Crippen LogP contribution in [0, 0.1) is 11.7 Å². The first-order valence-electron chi connectivity index (χ1n) is 5.66. The number of carboxylic acid groups (broad SMARTS) is 1. The molecule has 0 saturated carbocycles. The molecule has 2 unspecified atom stereocenters. The van der Waals surface area contributed by atoms with E-state index in [0.29, 0.717) is 5.56 Å². The summed E-state index contributed by atoms with van der Waals surface area (Å²) >= 11 is 0. The van der Waals surface area contributed by atoms with Gasteiger partial charge < -0.3 is 5.11 Å². The molecule has 17 heavy (non-hydrogen) atoms. The molecule has 0 fully saturated rings. The van der Waals surface area contributed by atoms with Crippen molar-refractivity contribution in [1.82, 2.24) is 5.32 Å². The quantitative estimate of drug-likeness (QED) is 0.830. The van der Waals surface area contributed by atoms with Crippen molar-refractivity contribution in [1.29, 1.82) is 0 Å². The second kappa shape index (κ2) is 5.77. The van der Waals surface area contributed by atoms with Gasteiger partial charge in [-0.1, -0.05) is 32.0 Å². The molecule has 0 radical (unpaired) electrons. The zero-order chi connectivity index (χ0) is 13.0. The lowest BCUT2D eigenvalue weighted by Gasteiger charge is -2.23. The van der Waals surface area contributed by atoms with Crippen LogP contribution in [0.25, 0.3) is 0 Å². The number of benzene rings is 1. The fraction of sp³-hybridized carbons (Fsp3) is 0.462. The minimum absolute atomic E-state index is 0.0540. The monoisotopic (exact) mass is 239 g/mol. The fourth-order valence-electron chi connectivity index (χ4n) is 1.73. The van der Waals surface area contributed by atoms with Crippen LogP contribution in [0.1, 0.15) is 32.4 Å². The molecule has 0 saturated heterocycles. The highest BCUT2D eigenvalue weighted by Crippen LogP contribution is 2.18. The van der Waals surface area contributed by atoms with E-state index in [-0.39, 0.29) is 17.8 Å². The average Bonchev–Trinajstić information content (AvgIpc) is 2.25. The van der Waals surface area contributed by atoms with Gasteiger partial charge in [-0.25, -0.2) is 4.39 Å². The van der Waals surface area contributed by atoms with Crippen molar-refractivity contribution >= 4 is 5.97 Å². The Balaban J connectivity index is 2.81. The van der Waals surface area contributed by atoms with Crippen LogP contribution < -0.4 is 5.32 Å². The van der Waals surface area contributed by atoms with Gasteiger partial charge in [0.1, 0.15) is 11.9 Å². The van der Waals surface area contributed by atoms with E-state index < -0.39 is 12.0 Å². The Morgan fingerprint density at radius 1 is 1.29 bits per heavy atom. The van der Waals surface area contributed by atoms with Crippen molar-refractivity contribution in [2.75, 3.05) is 0 Å². The topological polar surface area (TPSA) is 49.3 Å². The van der Waals surface area contributed by atoms with Crippen molar-refractivity contribution in [3.63, 3.8) is 0 Å². The van der Waals surface area contributed by atoms with Gasteiger partial charge in [0.05, 0.1) is 0 Å². The van der Waals surface area contributed by atoms with Gasteiger partial charge in [-0.15, -0.1) is 0 Å². The molecule has 94 valence electrons. The number of rotatable bonds is 5. The van der Waals surface area contributed by atoms with E-state index in [2.05, 4.69) is 5.32 Å². The normalized spacial score (nSPS) is 14.6. The van der Waals surface area contributed by atoms with E-state index >= 15 is 0 Å². The van der Waals surface area contributed by atoms with E-state index in [1.807, 2.05) is 13.8 Å². The highest BCUT2D eigenvalue weighted by atomic mass is 19.1. The molecule has 0 bridgehead atoms. The minimum atomic E-state index is -0.914. The van der Waals surface area contributed by atoms with Gasteiger partial charge in [0.25, 0.3) is 0 Å². The summed E-state index contributed by atoms with van der Waals surface area (Å²) < 4.78 is 13.5. The summed E-state index contributed by atoms with van der Waals surface area (Å²) in [5.74, 6) is -1.29.